The van der Waals surface area contributed by atoms with E-state index in [-0.39, 0.29) is 18.7 Å². The zero-order valence-corrected chi connectivity index (χ0v) is 29.0. The Balaban J connectivity index is 1.35. The highest BCUT2D eigenvalue weighted by Crippen LogP contribution is 2.24. The second-order valence-corrected chi connectivity index (χ2v) is 12.6. The van der Waals surface area contributed by atoms with E-state index in [2.05, 4.69) is 48.1 Å². The lowest BCUT2D eigenvalue weighted by molar-refractivity contribution is -0.162. The molecular formula is C40H58N2O4. The number of nitrogens with zero attached hydrogens (tertiary/aromatic N) is 2. The summed E-state index contributed by atoms with van der Waals surface area (Å²) in [7, 11) is 0. The number of ether oxygens (including phenoxy) is 3. The minimum atomic E-state index is -0.573. The van der Waals surface area contributed by atoms with Gasteiger partial charge in [-0.15, -0.1) is 0 Å². The van der Waals surface area contributed by atoms with Crippen LogP contribution in [0.5, 0.6) is 5.75 Å². The summed E-state index contributed by atoms with van der Waals surface area (Å²) in [5.41, 5.74) is 4.37. The van der Waals surface area contributed by atoms with Crippen LogP contribution in [0.4, 0.5) is 0 Å². The van der Waals surface area contributed by atoms with Gasteiger partial charge in [0.25, 0.3) is 0 Å². The van der Waals surface area contributed by atoms with Crippen molar-refractivity contribution in [1.29, 1.82) is 0 Å². The van der Waals surface area contributed by atoms with Gasteiger partial charge in [-0.3, -0.25) is 0 Å². The standard InChI is InChI=1S/C40H58N2O4/c1-5-7-9-10-11-12-13-14-15-16-17-19-34-20-22-36(23-21-34)39-41-29-37(30-42-39)35-24-26-38(27-25-35)45-31-32(3)46-40(43)33(4)44-28-18-8-6-2/h20-27,29-30,32-33H,5-19,28,31H2,1-4H3. The van der Waals surface area contributed by atoms with Crippen molar-refractivity contribution in [3.8, 4) is 28.3 Å². The summed E-state index contributed by atoms with van der Waals surface area (Å²) in [6.45, 7) is 8.81. The van der Waals surface area contributed by atoms with Crippen molar-refractivity contribution >= 4 is 5.97 Å². The van der Waals surface area contributed by atoms with E-state index in [0.29, 0.717) is 12.4 Å². The molecule has 1 heterocycles. The van der Waals surface area contributed by atoms with Crippen molar-refractivity contribution in [2.75, 3.05) is 13.2 Å². The first-order chi connectivity index (χ1) is 22.5. The number of esters is 1. The average molecular weight is 631 g/mol. The maximum absolute atomic E-state index is 12.3. The Labute approximate surface area is 278 Å². The molecule has 2 aromatic carbocycles. The summed E-state index contributed by atoms with van der Waals surface area (Å²) in [5.74, 6) is 1.08. The van der Waals surface area contributed by atoms with Gasteiger partial charge in [-0.2, -0.15) is 0 Å². The van der Waals surface area contributed by atoms with Crippen LogP contribution in [-0.2, 0) is 20.7 Å². The van der Waals surface area contributed by atoms with Crippen LogP contribution in [0.3, 0.4) is 0 Å². The summed E-state index contributed by atoms with van der Waals surface area (Å²) in [4.78, 5) is 21.5. The Morgan fingerprint density at radius 3 is 1.80 bits per heavy atom. The van der Waals surface area contributed by atoms with Crippen LogP contribution in [-0.4, -0.2) is 41.4 Å². The van der Waals surface area contributed by atoms with Crippen molar-refractivity contribution in [2.24, 2.45) is 0 Å². The lowest BCUT2D eigenvalue weighted by Crippen LogP contribution is -2.30. The highest BCUT2D eigenvalue weighted by atomic mass is 16.6. The van der Waals surface area contributed by atoms with Gasteiger partial charge < -0.3 is 14.2 Å². The molecule has 2 unspecified atom stereocenters. The molecule has 0 saturated carbocycles. The molecule has 3 aromatic rings. The number of carbonyl (C=O) groups is 1. The second-order valence-electron chi connectivity index (χ2n) is 12.6. The normalized spacial score (nSPS) is 12.5. The topological polar surface area (TPSA) is 70.5 Å². The molecule has 46 heavy (non-hydrogen) atoms. The van der Waals surface area contributed by atoms with E-state index in [4.69, 9.17) is 14.2 Å². The first kappa shape index (κ1) is 37.2. The summed E-state index contributed by atoms with van der Waals surface area (Å²) >= 11 is 0. The molecule has 0 aliphatic carbocycles. The van der Waals surface area contributed by atoms with Crippen molar-refractivity contribution < 1.29 is 19.0 Å². The average Bonchev–Trinajstić information content (AvgIpc) is 3.08. The third-order valence-electron chi connectivity index (χ3n) is 8.37. The maximum atomic E-state index is 12.3. The summed E-state index contributed by atoms with van der Waals surface area (Å²) < 4.78 is 16.9. The smallest absolute Gasteiger partial charge is 0.335 e. The fourth-order valence-corrected chi connectivity index (χ4v) is 5.41. The summed E-state index contributed by atoms with van der Waals surface area (Å²) in [5, 5.41) is 0. The van der Waals surface area contributed by atoms with E-state index < -0.39 is 6.10 Å². The van der Waals surface area contributed by atoms with Gasteiger partial charge in [-0.05, 0) is 56.4 Å². The molecule has 0 fully saturated rings. The van der Waals surface area contributed by atoms with Crippen LogP contribution in [0, 0.1) is 0 Å². The largest absolute Gasteiger partial charge is 0.490 e. The van der Waals surface area contributed by atoms with Gasteiger partial charge in [0.2, 0.25) is 0 Å². The van der Waals surface area contributed by atoms with E-state index in [0.717, 1.165) is 48.2 Å². The number of benzene rings is 2. The first-order valence-corrected chi connectivity index (χ1v) is 18.0. The highest BCUT2D eigenvalue weighted by Gasteiger charge is 2.18. The van der Waals surface area contributed by atoms with Gasteiger partial charge in [0.1, 0.15) is 18.5 Å². The third kappa shape index (κ3) is 14.5. The van der Waals surface area contributed by atoms with Crippen LogP contribution in [0.15, 0.2) is 60.9 Å². The Morgan fingerprint density at radius 2 is 1.20 bits per heavy atom. The zero-order valence-electron chi connectivity index (χ0n) is 29.0. The zero-order chi connectivity index (χ0) is 32.8. The molecule has 2 atom stereocenters. The molecule has 0 bridgehead atoms. The third-order valence-corrected chi connectivity index (χ3v) is 8.37. The van der Waals surface area contributed by atoms with Crippen molar-refractivity contribution in [1.82, 2.24) is 9.97 Å². The van der Waals surface area contributed by atoms with E-state index in [1.165, 1.54) is 76.2 Å². The monoisotopic (exact) mass is 630 g/mol. The molecule has 6 heteroatoms. The number of rotatable bonds is 24. The lowest BCUT2D eigenvalue weighted by Gasteiger charge is -2.18. The highest BCUT2D eigenvalue weighted by molar-refractivity contribution is 5.74. The van der Waals surface area contributed by atoms with Gasteiger partial charge >= 0.3 is 5.97 Å². The van der Waals surface area contributed by atoms with Crippen LogP contribution < -0.4 is 4.74 Å². The Hall–Kier alpha value is -3.25. The van der Waals surface area contributed by atoms with Gasteiger partial charge in [0.15, 0.2) is 11.9 Å². The van der Waals surface area contributed by atoms with Crippen LogP contribution in [0.25, 0.3) is 22.5 Å². The minimum Gasteiger partial charge on any atom is -0.490 e. The SMILES string of the molecule is CCCCCCCCCCCCCc1ccc(-c2ncc(-c3ccc(OCC(C)OC(=O)C(C)OCCCCC)cc3)cn2)cc1. The van der Waals surface area contributed by atoms with Gasteiger partial charge in [0, 0.05) is 30.1 Å². The minimum absolute atomic E-state index is 0.267. The molecule has 0 amide bonds. The number of hydrogen-bond acceptors (Lipinski definition) is 6. The molecular weight excluding hydrogens is 572 g/mol. The molecule has 3 rings (SSSR count). The van der Waals surface area contributed by atoms with E-state index in [9.17, 15) is 4.79 Å². The molecule has 0 aliphatic heterocycles. The molecule has 0 aliphatic rings. The predicted octanol–water partition coefficient (Wildman–Crippen LogP) is 10.6. The van der Waals surface area contributed by atoms with Crippen molar-refractivity contribution in [2.45, 2.75) is 136 Å². The van der Waals surface area contributed by atoms with Crippen molar-refractivity contribution in [3.05, 3.63) is 66.5 Å². The predicted molar refractivity (Wildman–Crippen MR) is 189 cm³/mol. The molecule has 1 aromatic heterocycles. The number of aryl methyl sites for hydroxylation is 1. The van der Waals surface area contributed by atoms with E-state index >= 15 is 0 Å². The number of unbranched alkanes of at least 4 members (excludes halogenated alkanes) is 12. The Morgan fingerprint density at radius 1 is 0.652 bits per heavy atom. The van der Waals surface area contributed by atoms with Crippen LogP contribution in [0.1, 0.15) is 123 Å². The maximum Gasteiger partial charge on any atom is 0.335 e. The van der Waals surface area contributed by atoms with Crippen LogP contribution in [0.2, 0.25) is 0 Å². The quantitative estimate of drug-likeness (QED) is 0.0724. The van der Waals surface area contributed by atoms with Gasteiger partial charge in [-0.1, -0.05) is 127 Å². The Kier molecular flexibility index (Phi) is 18.0. The molecule has 0 N–H and O–H groups in total. The molecule has 0 saturated heterocycles. The summed E-state index contributed by atoms with van der Waals surface area (Å²) in [6.07, 6.45) is 22.2. The van der Waals surface area contributed by atoms with Crippen LogP contribution >= 0.6 is 0 Å². The van der Waals surface area contributed by atoms with Gasteiger partial charge in [0.05, 0.1) is 0 Å². The Bertz CT molecular complexity index is 1210. The van der Waals surface area contributed by atoms with E-state index in [1.807, 2.05) is 43.6 Å². The number of carbonyl (C=O) groups excluding carboxylic acids is 1. The fraction of sp³-hybridized carbons (Fsp3) is 0.575. The number of hydrogen-bond donors (Lipinski definition) is 0. The molecule has 0 radical (unpaired) electrons. The summed E-state index contributed by atoms with van der Waals surface area (Å²) in [6, 6.07) is 16.5. The molecule has 6 nitrogen and oxygen atoms in total. The molecule has 252 valence electrons. The fourth-order valence-electron chi connectivity index (χ4n) is 5.41. The second kappa shape index (κ2) is 22.3. The number of aromatic nitrogens is 2. The molecule has 0 spiro atoms. The van der Waals surface area contributed by atoms with Gasteiger partial charge in [-0.25, -0.2) is 14.8 Å². The van der Waals surface area contributed by atoms with Crippen molar-refractivity contribution in [3.63, 3.8) is 0 Å². The van der Waals surface area contributed by atoms with E-state index in [1.54, 1.807) is 6.92 Å². The lowest BCUT2D eigenvalue weighted by atomic mass is 10.0. The first-order valence-electron chi connectivity index (χ1n) is 18.0.